The fourth-order valence-corrected chi connectivity index (χ4v) is 2.16. The first-order valence-corrected chi connectivity index (χ1v) is 5.78. The molecule has 15 heavy (non-hydrogen) atoms. The quantitative estimate of drug-likeness (QED) is 0.572. The third-order valence-electron chi connectivity index (χ3n) is 1.91. The molecule has 1 aromatic rings. The summed E-state index contributed by atoms with van der Waals surface area (Å²) in [7, 11) is -3.56. The number of rotatable bonds is 2. The van der Waals surface area contributed by atoms with Gasteiger partial charge in [0, 0.05) is 17.9 Å². The first-order chi connectivity index (χ1) is 6.75. The van der Waals surface area contributed by atoms with Crippen molar-refractivity contribution in [3.63, 3.8) is 0 Å². The molecular formula is C8H8FNO4S. The minimum atomic E-state index is -3.56. The van der Waals surface area contributed by atoms with Crippen molar-refractivity contribution < 1.29 is 17.7 Å². The van der Waals surface area contributed by atoms with Crippen LogP contribution in [0.4, 0.5) is 10.1 Å². The van der Waals surface area contributed by atoms with Crippen molar-refractivity contribution in [2.45, 2.75) is 11.8 Å². The van der Waals surface area contributed by atoms with Gasteiger partial charge < -0.3 is 0 Å². The molecule has 1 rings (SSSR count). The Hall–Kier alpha value is -1.50. The van der Waals surface area contributed by atoms with Crippen LogP contribution in [-0.2, 0) is 9.84 Å². The van der Waals surface area contributed by atoms with Crippen LogP contribution in [0.15, 0.2) is 17.0 Å². The first kappa shape index (κ1) is 11.6. The molecule has 82 valence electrons. The number of benzene rings is 1. The molecule has 0 spiro atoms. The van der Waals surface area contributed by atoms with E-state index in [4.69, 9.17) is 0 Å². The summed E-state index contributed by atoms with van der Waals surface area (Å²) in [6.07, 6.45) is 0.917. The molecular weight excluding hydrogens is 225 g/mol. The number of sulfone groups is 1. The van der Waals surface area contributed by atoms with Gasteiger partial charge in [-0.15, -0.1) is 0 Å². The monoisotopic (exact) mass is 233 g/mol. The summed E-state index contributed by atoms with van der Waals surface area (Å²) >= 11 is 0. The summed E-state index contributed by atoms with van der Waals surface area (Å²) in [5, 5.41) is 10.4. The van der Waals surface area contributed by atoms with Gasteiger partial charge in [0.1, 0.15) is 0 Å². The normalized spacial score (nSPS) is 11.4. The van der Waals surface area contributed by atoms with Crippen molar-refractivity contribution in [3.05, 3.63) is 33.6 Å². The van der Waals surface area contributed by atoms with Crippen LogP contribution in [0, 0.1) is 22.9 Å². The van der Waals surface area contributed by atoms with E-state index in [9.17, 15) is 22.9 Å². The summed E-state index contributed by atoms with van der Waals surface area (Å²) in [6, 6.07) is 1.88. The van der Waals surface area contributed by atoms with Crippen LogP contribution in [0.1, 0.15) is 5.56 Å². The molecule has 0 amide bonds. The molecule has 0 radical (unpaired) electrons. The van der Waals surface area contributed by atoms with E-state index in [1.807, 2.05) is 0 Å². The molecule has 0 saturated carbocycles. The average Bonchev–Trinajstić information content (AvgIpc) is 2.06. The van der Waals surface area contributed by atoms with Crippen LogP contribution >= 0.6 is 0 Å². The second-order valence-corrected chi connectivity index (χ2v) is 5.04. The number of nitro groups is 1. The maximum atomic E-state index is 13.3. The highest BCUT2D eigenvalue weighted by molar-refractivity contribution is 7.90. The van der Waals surface area contributed by atoms with Crippen molar-refractivity contribution in [2.75, 3.05) is 6.26 Å². The second kappa shape index (κ2) is 3.58. The van der Waals surface area contributed by atoms with E-state index in [-0.39, 0.29) is 10.5 Å². The Bertz CT molecular complexity index is 524. The number of nitro benzene ring substituents is 1. The zero-order valence-electron chi connectivity index (χ0n) is 8.02. The van der Waals surface area contributed by atoms with Gasteiger partial charge in [0.2, 0.25) is 5.82 Å². The number of nitrogens with zero attached hydrogens (tertiary/aromatic N) is 1. The van der Waals surface area contributed by atoms with Gasteiger partial charge in [-0.1, -0.05) is 0 Å². The predicted octanol–water partition coefficient (Wildman–Crippen LogP) is 1.45. The topological polar surface area (TPSA) is 77.3 Å². The van der Waals surface area contributed by atoms with Crippen LogP contribution in [0.25, 0.3) is 0 Å². The number of hydrogen-bond donors (Lipinski definition) is 0. The van der Waals surface area contributed by atoms with Gasteiger partial charge in [0.05, 0.1) is 9.82 Å². The van der Waals surface area contributed by atoms with E-state index in [0.29, 0.717) is 0 Å². The molecule has 0 aromatic heterocycles. The lowest BCUT2D eigenvalue weighted by atomic mass is 10.2. The van der Waals surface area contributed by atoms with Gasteiger partial charge >= 0.3 is 5.69 Å². The summed E-state index contributed by atoms with van der Waals surface area (Å²) in [4.78, 5) is 9.23. The van der Waals surface area contributed by atoms with Gasteiger partial charge in [-0.3, -0.25) is 10.1 Å². The zero-order valence-corrected chi connectivity index (χ0v) is 8.84. The van der Waals surface area contributed by atoms with Crippen molar-refractivity contribution >= 4 is 15.5 Å². The fourth-order valence-electron chi connectivity index (χ4n) is 1.20. The number of hydrogen-bond acceptors (Lipinski definition) is 4. The molecule has 0 N–H and O–H groups in total. The Kier molecular flexibility index (Phi) is 2.76. The van der Waals surface area contributed by atoms with E-state index in [2.05, 4.69) is 0 Å². The molecule has 0 saturated heterocycles. The van der Waals surface area contributed by atoms with Crippen LogP contribution in [-0.4, -0.2) is 19.6 Å². The van der Waals surface area contributed by atoms with Crippen molar-refractivity contribution in [1.29, 1.82) is 0 Å². The lowest BCUT2D eigenvalue weighted by molar-refractivity contribution is -0.387. The fraction of sp³-hybridized carbons (Fsp3) is 0.250. The molecule has 1 aromatic carbocycles. The number of halogens is 1. The SMILES string of the molecule is Cc1c(S(C)(=O)=O)ccc([N+](=O)[O-])c1F. The third-order valence-corrected chi connectivity index (χ3v) is 3.15. The van der Waals surface area contributed by atoms with Gasteiger partial charge in [0.25, 0.3) is 0 Å². The van der Waals surface area contributed by atoms with Gasteiger partial charge in [-0.2, -0.15) is 4.39 Å². The lowest BCUT2D eigenvalue weighted by Gasteiger charge is -2.04. The van der Waals surface area contributed by atoms with E-state index < -0.39 is 26.3 Å². The molecule has 7 heteroatoms. The highest BCUT2D eigenvalue weighted by Gasteiger charge is 2.22. The van der Waals surface area contributed by atoms with Crippen molar-refractivity contribution in [3.8, 4) is 0 Å². The highest BCUT2D eigenvalue weighted by Crippen LogP contribution is 2.25. The van der Waals surface area contributed by atoms with E-state index in [1.54, 1.807) is 0 Å². The summed E-state index contributed by atoms with van der Waals surface area (Å²) in [5.41, 5.74) is -0.952. The summed E-state index contributed by atoms with van der Waals surface area (Å²) in [5.74, 6) is -1.11. The van der Waals surface area contributed by atoms with Gasteiger partial charge in [-0.25, -0.2) is 8.42 Å². The minimum Gasteiger partial charge on any atom is -0.258 e. The molecule has 0 heterocycles. The maximum absolute atomic E-state index is 13.3. The lowest BCUT2D eigenvalue weighted by Crippen LogP contribution is -2.04. The standard InChI is InChI=1S/C8H8FNO4S/c1-5-7(15(2,13)14)4-3-6(8(5)9)10(11)12/h3-4H,1-2H3. The second-order valence-electron chi connectivity index (χ2n) is 3.05. The van der Waals surface area contributed by atoms with Crippen LogP contribution in [0.3, 0.4) is 0 Å². The Morgan fingerprint density at radius 3 is 2.33 bits per heavy atom. The predicted molar refractivity (Wildman–Crippen MR) is 50.9 cm³/mol. The molecule has 5 nitrogen and oxygen atoms in total. The molecule has 0 aliphatic heterocycles. The molecule has 0 aliphatic rings. The molecule has 0 aliphatic carbocycles. The van der Waals surface area contributed by atoms with E-state index >= 15 is 0 Å². The average molecular weight is 233 g/mol. The maximum Gasteiger partial charge on any atom is 0.305 e. The van der Waals surface area contributed by atoms with E-state index in [1.165, 1.54) is 6.92 Å². The zero-order chi connectivity index (χ0) is 11.8. The van der Waals surface area contributed by atoms with Crippen LogP contribution < -0.4 is 0 Å². The molecule has 0 atom stereocenters. The van der Waals surface area contributed by atoms with Gasteiger partial charge in [0.15, 0.2) is 9.84 Å². The Morgan fingerprint density at radius 2 is 1.93 bits per heavy atom. The molecule has 0 fully saturated rings. The minimum absolute atomic E-state index is 0.230. The molecule has 0 unspecified atom stereocenters. The van der Waals surface area contributed by atoms with E-state index in [0.717, 1.165) is 18.4 Å². The first-order valence-electron chi connectivity index (χ1n) is 3.88. The summed E-state index contributed by atoms with van der Waals surface area (Å²) < 4.78 is 35.6. The van der Waals surface area contributed by atoms with Crippen LogP contribution in [0.2, 0.25) is 0 Å². The largest absolute Gasteiger partial charge is 0.305 e. The highest BCUT2D eigenvalue weighted by atomic mass is 32.2. The molecule has 0 bridgehead atoms. The summed E-state index contributed by atoms with van der Waals surface area (Å²) in [6.45, 7) is 1.19. The third kappa shape index (κ3) is 2.12. The van der Waals surface area contributed by atoms with Crippen molar-refractivity contribution in [1.82, 2.24) is 0 Å². The Balaban J connectivity index is 3.55. The van der Waals surface area contributed by atoms with Crippen LogP contribution in [0.5, 0.6) is 0 Å². The van der Waals surface area contributed by atoms with Crippen molar-refractivity contribution in [2.24, 2.45) is 0 Å². The van der Waals surface area contributed by atoms with Gasteiger partial charge in [-0.05, 0) is 13.0 Å². The smallest absolute Gasteiger partial charge is 0.258 e. The Labute approximate surface area is 85.6 Å². The Morgan fingerprint density at radius 1 is 1.40 bits per heavy atom.